The molecule has 0 saturated heterocycles. The molecule has 0 aromatic heterocycles. The van der Waals surface area contributed by atoms with E-state index in [2.05, 4.69) is 31.8 Å². The van der Waals surface area contributed by atoms with Gasteiger partial charge in [-0.05, 0) is 88.8 Å². The molecule has 0 fully saturated rings. The number of benzene rings is 3. The predicted octanol–water partition coefficient (Wildman–Crippen LogP) is 5.05. The van der Waals surface area contributed by atoms with Crippen molar-refractivity contribution in [2.24, 2.45) is 5.10 Å². The second-order valence-electron chi connectivity index (χ2n) is 7.70. The minimum absolute atomic E-state index is 0.390. The smallest absolute Gasteiger partial charge is 0.329 e. The predicted molar refractivity (Wildman–Crippen MR) is 136 cm³/mol. The van der Waals surface area contributed by atoms with Gasteiger partial charge < -0.3 is 14.8 Å². The summed E-state index contributed by atoms with van der Waals surface area (Å²) in [4.78, 5) is 24.2. The van der Waals surface area contributed by atoms with Crippen LogP contribution in [0.5, 0.6) is 11.5 Å². The Hall–Kier alpha value is -3.65. The number of rotatable bonds is 7. The molecule has 176 valence electrons. The van der Waals surface area contributed by atoms with Gasteiger partial charge in [-0.3, -0.25) is 9.59 Å². The van der Waals surface area contributed by atoms with Crippen molar-refractivity contribution in [3.05, 3.63) is 86.9 Å². The first kappa shape index (κ1) is 25.0. The van der Waals surface area contributed by atoms with E-state index >= 15 is 0 Å². The average Bonchev–Trinajstić information content (AvgIpc) is 2.81. The number of anilines is 1. The molecule has 3 aromatic carbocycles. The Morgan fingerprint density at radius 1 is 0.971 bits per heavy atom. The van der Waals surface area contributed by atoms with Crippen LogP contribution in [0.15, 0.2) is 64.2 Å². The first-order valence-corrected chi connectivity index (χ1v) is 11.3. The van der Waals surface area contributed by atoms with Crippen LogP contribution in [0.3, 0.4) is 0 Å². The van der Waals surface area contributed by atoms with Crippen LogP contribution >= 0.6 is 15.9 Å². The molecule has 0 unspecified atom stereocenters. The van der Waals surface area contributed by atoms with E-state index in [9.17, 15) is 9.59 Å². The van der Waals surface area contributed by atoms with Crippen molar-refractivity contribution >= 4 is 39.6 Å². The number of nitrogens with zero attached hydrogens (tertiary/aromatic N) is 1. The molecule has 0 atom stereocenters. The second kappa shape index (κ2) is 11.5. The molecule has 2 N–H and O–H groups in total. The number of hydrogen-bond acceptors (Lipinski definition) is 5. The molecular weight excluding hydrogens is 498 g/mol. The standard InChI is InChI=1S/C26H26BrN3O4/c1-16-9-10-21(11-18(16)3)29-25(31)26(32)30-28-14-19-12-22(27)24(23(13-19)33-4)34-15-20-8-6-5-7-17(20)2/h5-14H,15H2,1-4H3,(H,29,31)(H,30,32). The molecule has 0 radical (unpaired) electrons. The Morgan fingerprint density at radius 2 is 1.74 bits per heavy atom. The molecule has 0 aliphatic rings. The summed E-state index contributed by atoms with van der Waals surface area (Å²) in [5, 5.41) is 6.44. The summed E-state index contributed by atoms with van der Waals surface area (Å²) in [7, 11) is 1.54. The number of methoxy groups -OCH3 is 1. The quantitative estimate of drug-likeness (QED) is 0.257. The van der Waals surface area contributed by atoms with Crippen molar-refractivity contribution in [1.29, 1.82) is 0 Å². The van der Waals surface area contributed by atoms with Crippen LogP contribution < -0.4 is 20.2 Å². The molecule has 0 aliphatic heterocycles. The van der Waals surface area contributed by atoms with E-state index in [-0.39, 0.29) is 0 Å². The van der Waals surface area contributed by atoms with E-state index in [1.54, 1.807) is 31.4 Å². The SMILES string of the molecule is COc1cc(C=NNC(=O)C(=O)Nc2ccc(C)c(C)c2)cc(Br)c1OCc1ccccc1C. The monoisotopic (exact) mass is 523 g/mol. The second-order valence-corrected chi connectivity index (χ2v) is 8.56. The van der Waals surface area contributed by atoms with Crippen molar-refractivity contribution in [2.75, 3.05) is 12.4 Å². The van der Waals surface area contributed by atoms with Gasteiger partial charge in [-0.1, -0.05) is 30.3 Å². The molecule has 2 amide bonds. The summed E-state index contributed by atoms with van der Waals surface area (Å²) in [6.07, 6.45) is 1.42. The van der Waals surface area contributed by atoms with Crippen LogP contribution in [-0.2, 0) is 16.2 Å². The van der Waals surface area contributed by atoms with Gasteiger partial charge in [-0.25, -0.2) is 5.43 Å². The maximum Gasteiger partial charge on any atom is 0.329 e. The first-order valence-electron chi connectivity index (χ1n) is 10.5. The van der Waals surface area contributed by atoms with Gasteiger partial charge in [0, 0.05) is 5.69 Å². The fraction of sp³-hybridized carbons (Fsp3) is 0.192. The number of nitrogens with one attached hydrogen (secondary N) is 2. The number of hydrazone groups is 1. The van der Waals surface area contributed by atoms with Crippen LogP contribution in [0.1, 0.15) is 27.8 Å². The third-order valence-corrected chi connectivity index (χ3v) is 5.82. The topological polar surface area (TPSA) is 89.0 Å². The van der Waals surface area contributed by atoms with Crippen molar-refractivity contribution in [2.45, 2.75) is 27.4 Å². The Morgan fingerprint density at radius 3 is 2.44 bits per heavy atom. The molecule has 34 heavy (non-hydrogen) atoms. The van der Waals surface area contributed by atoms with Crippen LogP contribution in [0.4, 0.5) is 5.69 Å². The lowest BCUT2D eigenvalue weighted by molar-refractivity contribution is -0.136. The highest BCUT2D eigenvalue weighted by Crippen LogP contribution is 2.37. The van der Waals surface area contributed by atoms with Gasteiger partial charge in [0.2, 0.25) is 0 Å². The number of carbonyl (C=O) groups excluding carboxylic acids is 2. The van der Waals surface area contributed by atoms with E-state index < -0.39 is 11.8 Å². The van der Waals surface area contributed by atoms with Gasteiger partial charge >= 0.3 is 11.8 Å². The Labute approximate surface area is 207 Å². The highest BCUT2D eigenvalue weighted by atomic mass is 79.9. The van der Waals surface area contributed by atoms with Crippen LogP contribution in [0, 0.1) is 20.8 Å². The number of hydrogen-bond donors (Lipinski definition) is 2. The summed E-state index contributed by atoms with van der Waals surface area (Å²) in [5.41, 5.74) is 7.74. The molecule has 7 nitrogen and oxygen atoms in total. The van der Waals surface area contributed by atoms with Crippen LogP contribution in [0.25, 0.3) is 0 Å². The molecule has 3 aromatic rings. The van der Waals surface area contributed by atoms with Gasteiger partial charge in [0.25, 0.3) is 0 Å². The summed E-state index contributed by atoms with van der Waals surface area (Å²) >= 11 is 3.50. The Balaban J connectivity index is 1.63. The highest BCUT2D eigenvalue weighted by molar-refractivity contribution is 9.10. The number of amides is 2. The highest BCUT2D eigenvalue weighted by Gasteiger charge is 2.14. The van der Waals surface area contributed by atoms with Crippen molar-refractivity contribution in [3.63, 3.8) is 0 Å². The lowest BCUT2D eigenvalue weighted by atomic mass is 10.1. The van der Waals surface area contributed by atoms with E-state index in [0.717, 1.165) is 22.3 Å². The van der Waals surface area contributed by atoms with Crippen molar-refractivity contribution in [1.82, 2.24) is 5.43 Å². The number of aryl methyl sites for hydroxylation is 3. The summed E-state index contributed by atoms with van der Waals surface area (Å²) < 4.78 is 12.1. The molecule has 0 saturated carbocycles. The van der Waals surface area contributed by atoms with Gasteiger partial charge in [0.1, 0.15) is 6.61 Å². The Kier molecular flexibility index (Phi) is 8.43. The third-order valence-electron chi connectivity index (χ3n) is 5.24. The average molecular weight is 524 g/mol. The lowest BCUT2D eigenvalue weighted by Crippen LogP contribution is -2.32. The first-order chi connectivity index (χ1) is 16.3. The van der Waals surface area contributed by atoms with Crippen LogP contribution in [0.2, 0.25) is 0 Å². The zero-order valence-corrected chi connectivity index (χ0v) is 21.0. The molecule has 0 aliphatic carbocycles. The van der Waals surface area contributed by atoms with Gasteiger partial charge in [-0.15, -0.1) is 0 Å². The van der Waals surface area contributed by atoms with E-state index in [1.165, 1.54) is 6.21 Å². The van der Waals surface area contributed by atoms with Gasteiger partial charge in [0.15, 0.2) is 11.5 Å². The number of ether oxygens (including phenoxy) is 2. The van der Waals surface area contributed by atoms with E-state index in [1.807, 2.05) is 51.1 Å². The summed E-state index contributed by atoms with van der Waals surface area (Å²) in [6.45, 7) is 6.32. The van der Waals surface area contributed by atoms with E-state index in [0.29, 0.717) is 33.8 Å². The minimum Gasteiger partial charge on any atom is -0.493 e. The number of halogens is 1. The van der Waals surface area contributed by atoms with Crippen LogP contribution in [-0.4, -0.2) is 25.1 Å². The maximum atomic E-state index is 12.1. The largest absolute Gasteiger partial charge is 0.493 e. The zero-order valence-electron chi connectivity index (χ0n) is 19.4. The van der Waals surface area contributed by atoms with Gasteiger partial charge in [0.05, 0.1) is 17.8 Å². The molecule has 3 rings (SSSR count). The zero-order chi connectivity index (χ0) is 24.7. The fourth-order valence-corrected chi connectivity index (χ4v) is 3.67. The normalized spacial score (nSPS) is 10.7. The maximum absolute atomic E-state index is 12.1. The lowest BCUT2D eigenvalue weighted by Gasteiger charge is -2.14. The van der Waals surface area contributed by atoms with Crippen molar-refractivity contribution < 1.29 is 19.1 Å². The molecular formula is C26H26BrN3O4. The fourth-order valence-electron chi connectivity index (χ4n) is 3.10. The molecule has 0 spiro atoms. The minimum atomic E-state index is -0.876. The van der Waals surface area contributed by atoms with Crippen molar-refractivity contribution in [3.8, 4) is 11.5 Å². The molecule has 0 bridgehead atoms. The van der Waals surface area contributed by atoms with Gasteiger partial charge in [-0.2, -0.15) is 5.10 Å². The number of carbonyl (C=O) groups is 2. The molecule has 8 heteroatoms. The Bertz CT molecular complexity index is 1240. The summed E-state index contributed by atoms with van der Waals surface area (Å²) in [5.74, 6) is -0.624. The van der Waals surface area contributed by atoms with E-state index in [4.69, 9.17) is 9.47 Å². The molecule has 0 heterocycles. The third kappa shape index (κ3) is 6.45. The summed E-state index contributed by atoms with van der Waals surface area (Å²) in [6, 6.07) is 16.9.